The summed E-state index contributed by atoms with van der Waals surface area (Å²) >= 11 is 0. The number of imidazole rings is 1. The zero-order valence-corrected chi connectivity index (χ0v) is 13.3. The zero-order chi connectivity index (χ0) is 15.6. The van der Waals surface area contributed by atoms with Gasteiger partial charge in [-0.2, -0.15) is 0 Å². The normalized spacial score (nSPS) is 11.5. The highest BCUT2D eigenvalue weighted by Gasteiger charge is 1.99. The standard InChI is InChI=1S/C16H24N6/c1-3-5-8-19-16(18-4-2)21-12-14-6-7-15(20-11-14)22-10-9-17-13-22/h6-7,9-11,13H,3-5,8,12H2,1-2H3,(H2,18,19,21). The van der Waals surface area contributed by atoms with Crippen LogP contribution in [0.2, 0.25) is 0 Å². The van der Waals surface area contributed by atoms with Crippen molar-refractivity contribution in [2.24, 2.45) is 4.99 Å². The molecule has 2 N–H and O–H groups in total. The highest BCUT2D eigenvalue weighted by molar-refractivity contribution is 5.79. The Hall–Kier alpha value is -2.37. The Kier molecular flexibility index (Phi) is 6.41. The Morgan fingerprint density at radius 1 is 1.27 bits per heavy atom. The first kappa shape index (κ1) is 16.0. The molecular weight excluding hydrogens is 276 g/mol. The minimum absolute atomic E-state index is 0.610. The van der Waals surface area contributed by atoms with Crippen LogP contribution in [0, 0.1) is 0 Å². The fourth-order valence-electron chi connectivity index (χ4n) is 1.95. The molecule has 6 nitrogen and oxygen atoms in total. The third kappa shape index (κ3) is 4.87. The molecule has 0 amide bonds. The highest BCUT2D eigenvalue weighted by Crippen LogP contribution is 2.06. The summed E-state index contributed by atoms with van der Waals surface area (Å²) in [5.41, 5.74) is 1.08. The van der Waals surface area contributed by atoms with E-state index in [2.05, 4.69) is 39.4 Å². The van der Waals surface area contributed by atoms with Gasteiger partial charge in [0.15, 0.2) is 5.96 Å². The molecular formula is C16H24N6. The number of pyridine rings is 1. The number of nitrogens with zero attached hydrogens (tertiary/aromatic N) is 4. The molecule has 0 aliphatic rings. The van der Waals surface area contributed by atoms with Gasteiger partial charge in [0.2, 0.25) is 0 Å². The van der Waals surface area contributed by atoms with Gasteiger partial charge in [-0.05, 0) is 25.0 Å². The second-order valence-electron chi connectivity index (χ2n) is 4.97. The van der Waals surface area contributed by atoms with Gasteiger partial charge in [0, 0.05) is 31.7 Å². The Labute approximate surface area is 131 Å². The number of hydrogen-bond donors (Lipinski definition) is 2. The van der Waals surface area contributed by atoms with Crippen molar-refractivity contribution in [1.82, 2.24) is 25.2 Å². The van der Waals surface area contributed by atoms with Crippen LogP contribution in [0.25, 0.3) is 5.82 Å². The molecule has 0 radical (unpaired) electrons. The van der Waals surface area contributed by atoms with Gasteiger partial charge < -0.3 is 10.6 Å². The molecule has 2 aromatic heterocycles. The maximum atomic E-state index is 4.58. The molecule has 0 unspecified atom stereocenters. The van der Waals surface area contributed by atoms with Gasteiger partial charge in [0.05, 0.1) is 6.54 Å². The van der Waals surface area contributed by atoms with Crippen molar-refractivity contribution >= 4 is 5.96 Å². The Morgan fingerprint density at radius 3 is 2.82 bits per heavy atom. The number of hydrogen-bond acceptors (Lipinski definition) is 3. The van der Waals surface area contributed by atoms with Crippen molar-refractivity contribution in [1.29, 1.82) is 0 Å². The summed E-state index contributed by atoms with van der Waals surface area (Å²) in [6, 6.07) is 4.02. The number of nitrogens with one attached hydrogen (secondary N) is 2. The van der Waals surface area contributed by atoms with Crippen LogP contribution in [-0.4, -0.2) is 33.6 Å². The van der Waals surface area contributed by atoms with Crippen LogP contribution in [0.5, 0.6) is 0 Å². The topological polar surface area (TPSA) is 67.1 Å². The summed E-state index contributed by atoms with van der Waals surface area (Å²) in [5, 5.41) is 6.58. The van der Waals surface area contributed by atoms with E-state index < -0.39 is 0 Å². The average molecular weight is 300 g/mol. The van der Waals surface area contributed by atoms with E-state index in [-0.39, 0.29) is 0 Å². The molecule has 2 aromatic rings. The van der Waals surface area contributed by atoms with Crippen molar-refractivity contribution in [3.8, 4) is 5.82 Å². The van der Waals surface area contributed by atoms with Crippen LogP contribution < -0.4 is 10.6 Å². The smallest absolute Gasteiger partial charge is 0.191 e. The van der Waals surface area contributed by atoms with Crippen LogP contribution in [0.1, 0.15) is 32.3 Å². The minimum Gasteiger partial charge on any atom is -0.357 e. The fraction of sp³-hybridized carbons (Fsp3) is 0.438. The Balaban J connectivity index is 1.94. The minimum atomic E-state index is 0.610. The quantitative estimate of drug-likeness (QED) is 0.467. The second-order valence-corrected chi connectivity index (χ2v) is 4.97. The summed E-state index contributed by atoms with van der Waals surface area (Å²) < 4.78 is 1.88. The lowest BCUT2D eigenvalue weighted by Crippen LogP contribution is -2.37. The summed E-state index contributed by atoms with van der Waals surface area (Å²) in [4.78, 5) is 13.0. The van der Waals surface area contributed by atoms with Crippen molar-refractivity contribution in [2.75, 3.05) is 13.1 Å². The first-order valence-electron chi connectivity index (χ1n) is 7.79. The van der Waals surface area contributed by atoms with Gasteiger partial charge in [-0.25, -0.2) is 15.0 Å². The van der Waals surface area contributed by atoms with Crippen molar-refractivity contribution in [3.05, 3.63) is 42.6 Å². The SMILES string of the molecule is CCCCNC(=NCc1ccc(-n2ccnc2)nc1)NCC. The first-order valence-corrected chi connectivity index (χ1v) is 7.79. The van der Waals surface area contributed by atoms with Crippen LogP contribution >= 0.6 is 0 Å². The van der Waals surface area contributed by atoms with E-state index in [9.17, 15) is 0 Å². The van der Waals surface area contributed by atoms with Gasteiger partial charge in [0.1, 0.15) is 12.1 Å². The number of aliphatic imine (C=N–C) groups is 1. The zero-order valence-electron chi connectivity index (χ0n) is 13.3. The van der Waals surface area contributed by atoms with Crippen LogP contribution in [-0.2, 0) is 6.54 Å². The molecule has 0 saturated heterocycles. The van der Waals surface area contributed by atoms with Crippen LogP contribution in [0.4, 0.5) is 0 Å². The van der Waals surface area contributed by atoms with Crippen molar-refractivity contribution in [2.45, 2.75) is 33.2 Å². The maximum absolute atomic E-state index is 4.58. The number of aromatic nitrogens is 3. The van der Waals surface area contributed by atoms with E-state index in [1.165, 1.54) is 6.42 Å². The number of guanidine groups is 1. The molecule has 6 heteroatoms. The predicted octanol–water partition coefficient (Wildman–Crippen LogP) is 2.12. The second kappa shape index (κ2) is 8.81. The first-order chi connectivity index (χ1) is 10.8. The van der Waals surface area contributed by atoms with E-state index in [1.807, 2.05) is 29.1 Å². The van der Waals surface area contributed by atoms with E-state index >= 15 is 0 Å². The lowest BCUT2D eigenvalue weighted by Gasteiger charge is -2.10. The highest BCUT2D eigenvalue weighted by atomic mass is 15.2. The average Bonchev–Trinajstić information content (AvgIpc) is 3.08. The van der Waals surface area contributed by atoms with E-state index in [0.717, 1.165) is 36.9 Å². The monoisotopic (exact) mass is 300 g/mol. The third-order valence-corrected chi connectivity index (χ3v) is 3.16. The van der Waals surface area contributed by atoms with Crippen molar-refractivity contribution in [3.63, 3.8) is 0 Å². The van der Waals surface area contributed by atoms with Gasteiger partial charge in [-0.1, -0.05) is 19.4 Å². The molecule has 118 valence electrons. The van der Waals surface area contributed by atoms with Crippen LogP contribution in [0.3, 0.4) is 0 Å². The summed E-state index contributed by atoms with van der Waals surface area (Å²) in [5.74, 6) is 1.72. The summed E-state index contributed by atoms with van der Waals surface area (Å²) in [6.07, 6.45) is 9.53. The predicted molar refractivity (Wildman–Crippen MR) is 89.1 cm³/mol. The lowest BCUT2D eigenvalue weighted by molar-refractivity contribution is 0.730. The fourth-order valence-corrected chi connectivity index (χ4v) is 1.95. The molecule has 2 heterocycles. The molecule has 0 aromatic carbocycles. The molecule has 0 saturated carbocycles. The summed E-state index contributed by atoms with van der Waals surface area (Å²) in [7, 11) is 0. The lowest BCUT2D eigenvalue weighted by atomic mass is 10.3. The molecule has 0 aliphatic heterocycles. The van der Waals surface area contributed by atoms with Gasteiger partial charge >= 0.3 is 0 Å². The summed E-state index contributed by atoms with van der Waals surface area (Å²) in [6.45, 7) is 6.66. The Morgan fingerprint density at radius 2 is 2.18 bits per heavy atom. The number of unbranched alkanes of at least 4 members (excludes halogenated alkanes) is 1. The molecule has 0 spiro atoms. The van der Waals surface area contributed by atoms with E-state index in [0.29, 0.717) is 6.54 Å². The third-order valence-electron chi connectivity index (χ3n) is 3.16. The van der Waals surface area contributed by atoms with E-state index in [4.69, 9.17) is 0 Å². The number of rotatable bonds is 7. The van der Waals surface area contributed by atoms with Crippen molar-refractivity contribution < 1.29 is 0 Å². The molecule has 0 atom stereocenters. The van der Waals surface area contributed by atoms with Gasteiger partial charge in [-0.3, -0.25) is 4.57 Å². The maximum Gasteiger partial charge on any atom is 0.191 e. The Bertz CT molecular complexity index is 559. The van der Waals surface area contributed by atoms with Gasteiger partial charge in [-0.15, -0.1) is 0 Å². The molecule has 0 bridgehead atoms. The molecule has 0 fully saturated rings. The van der Waals surface area contributed by atoms with E-state index in [1.54, 1.807) is 12.5 Å². The van der Waals surface area contributed by atoms with Gasteiger partial charge in [0.25, 0.3) is 0 Å². The molecule has 22 heavy (non-hydrogen) atoms. The van der Waals surface area contributed by atoms with Crippen LogP contribution in [0.15, 0.2) is 42.0 Å². The largest absolute Gasteiger partial charge is 0.357 e. The molecule has 2 rings (SSSR count). The molecule has 0 aliphatic carbocycles.